The van der Waals surface area contributed by atoms with E-state index in [0.717, 1.165) is 42.9 Å². The Bertz CT molecular complexity index is 653. The maximum atomic E-state index is 13.0. The van der Waals surface area contributed by atoms with E-state index < -0.39 is 4.08 Å². The summed E-state index contributed by atoms with van der Waals surface area (Å²) in [4.78, 5) is 15.4. The summed E-state index contributed by atoms with van der Waals surface area (Å²) in [5.74, 6) is 2.98. The lowest BCUT2D eigenvalue weighted by molar-refractivity contribution is -0.142. The van der Waals surface area contributed by atoms with Gasteiger partial charge in [-0.1, -0.05) is 18.2 Å². The maximum Gasteiger partial charge on any atom is 0.340 e. The van der Waals surface area contributed by atoms with Gasteiger partial charge in [-0.25, -0.2) is 4.79 Å². The molecule has 0 amide bonds. The van der Waals surface area contributed by atoms with Gasteiger partial charge in [-0.3, -0.25) is 0 Å². The minimum atomic E-state index is -0.515. The monoisotopic (exact) mass is 361 g/mol. The molecule has 1 fully saturated rings. The van der Waals surface area contributed by atoms with Gasteiger partial charge in [0.25, 0.3) is 0 Å². The first-order valence-corrected chi connectivity index (χ1v) is 10.7. The summed E-state index contributed by atoms with van der Waals surface area (Å²) < 4.78 is 5.36. The fraction of sp³-hybridized carbons (Fsp3) is 0.526. The van der Waals surface area contributed by atoms with E-state index in [1.165, 1.54) is 17.7 Å². The van der Waals surface area contributed by atoms with Crippen molar-refractivity contribution in [3.63, 3.8) is 0 Å². The summed E-state index contributed by atoms with van der Waals surface area (Å²) in [7, 11) is 2.13. The van der Waals surface area contributed by atoms with Crippen LogP contribution < -0.4 is 4.90 Å². The molecule has 1 spiro atoms. The molecular weight excluding hydrogens is 338 g/mol. The van der Waals surface area contributed by atoms with Gasteiger partial charge in [-0.2, -0.15) is 0 Å². The Kier molecular flexibility index (Phi) is 4.56. The predicted molar refractivity (Wildman–Crippen MR) is 102 cm³/mol. The summed E-state index contributed by atoms with van der Waals surface area (Å²) in [6, 6.07) is 10.5. The molecule has 2 aliphatic heterocycles. The second-order valence-electron chi connectivity index (χ2n) is 6.61. The van der Waals surface area contributed by atoms with E-state index in [1.54, 1.807) is 23.5 Å². The highest BCUT2D eigenvalue weighted by Crippen LogP contribution is 2.54. The van der Waals surface area contributed by atoms with Crippen molar-refractivity contribution >= 4 is 35.2 Å². The molecule has 3 nitrogen and oxygen atoms in total. The molecule has 5 heteroatoms. The van der Waals surface area contributed by atoms with Crippen molar-refractivity contribution in [1.82, 2.24) is 0 Å². The fourth-order valence-electron chi connectivity index (χ4n) is 3.96. The highest BCUT2D eigenvalue weighted by molar-refractivity contribution is 8.20. The molecule has 0 radical (unpaired) electrons. The van der Waals surface area contributed by atoms with E-state index in [9.17, 15) is 4.79 Å². The molecule has 4 rings (SSSR count). The van der Waals surface area contributed by atoms with Gasteiger partial charge in [0.15, 0.2) is 4.08 Å². The number of carbonyl (C=O) groups is 1. The van der Waals surface area contributed by atoms with Crippen molar-refractivity contribution in [1.29, 1.82) is 0 Å². The standard InChI is InChI=1S/C19H23NO2S2/c1-20(14-8-3-2-4-9-14)17-15-10-5-6-11-16(15)22-18(21)19(17)23-12-7-13-24-19/h2-4,8-9,17H,5-7,10-13H2,1H3/t17-/m1/s1. The van der Waals surface area contributed by atoms with Crippen LogP contribution in [0.4, 0.5) is 5.69 Å². The van der Waals surface area contributed by atoms with Crippen LogP contribution in [0.1, 0.15) is 32.1 Å². The van der Waals surface area contributed by atoms with Crippen LogP contribution in [0, 0.1) is 0 Å². The first kappa shape index (κ1) is 16.4. The first-order valence-electron chi connectivity index (χ1n) is 8.72. The van der Waals surface area contributed by atoms with E-state index in [1.807, 2.05) is 6.07 Å². The van der Waals surface area contributed by atoms with Crippen LogP contribution in [0.3, 0.4) is 0 Å². The Hall–Kier alpha value is -1.07. The lowest BCUT2D eigenvalue weighted by atomic mass is 9.87. The molecule has 1 saturated heterocycles. The number of para-hydroxylation sites is 1. The van der Waals surface area contributed by atoms with Gasteiger partial charge >= 0.3 is 5.97 Å². The quantitative estimate of drug-likeness (QED) is 0.727. The number of esters is 1. The van der Waals surface area contributed by atoms with Crippen LogP contribution in [-0.2, 0) is 9.53 Å². The third-order valence-electron chi connectivity index (χ3n) is 5.12. The van der Waals surface area contributed by atoms with Crippen molar-refractivity contribution in [2.45, 2.75) is 42.2 Å². The summed E-state index contributed by atoms with van der Waals surface area (Å²) in [5, 5.41) is 0. The van der Waals surface area contributed by atoms with Crippen LogP contribution in [0.25, 0.3) is 0 Å². The van der Waals surface area contributed by atoms with Gasteiger partial charge in [0.2, 0.25) is 0 Å². The molecule has 128 valence electrons. The van der Waals surface area contributed by atoms with Gasteiger partial charge < -0.3 is 9.64 Å². The molecule has 0 bridgehead atoms. The number of hydrogen-bond acceptors (Lipinski definition) is 5. The van der Waals surface area contributed by atoms with Crippen molar-refractivity contribution in [2.24, 2.45) is 0 Å². The molecule has 1 aliphatic carbocycles. The van der Waals surface area contributed by atoms with Crippen LogP contribution in [0.5, 0.6) is 0 Å². The van der Waals surface area contributed by atoms with E-state index in [2.05, 4.69) is 36.2 Å². The average Bonchev–Trinajstić information content (AvgIpc) is 2.64. The van der Waals surface area contributed by atoms with Crippen molar-refractivity contribution < 1.29 is 9.53 Å². The van der Waals surface area contributed by atoms with Crippen LogP contribution in [0.15, 0.2) is 41.7 Å². The summed E-state index contributed by atoms with van der Waals surface area (Å²) in [6.45, 7) is 0. The van der Waals surface area contributed by atoms with E-state index in [0.29, 0.717) is 0 Å². The Balaban J connectivity index is 1.81. The maximum absolute atomic E-state index is 13.0. The molecule has 2 heterocycles. The summed E-state index contributed by atoms with van der Waals surface area (Å²) in [6.07, 6.45) is 5.44. The molecule has 1 aromatic carbocycles. The Morgan fingerprint density at radius 2 is 1.79 bits per heavy atom. The molecule has 3 aliphatic rings. The number of ether oxygens (including phenoxy) is 1. The van der Waals surface area contributed by atoms with Gasteiger partial charge in [0.1, 0.15) is 5.76 Å². The number of hydrogen-bond donors (Lipinski definition) is 0. The number of allylic oxidation sites excluding steroid dienone is 1. The number of anilines is 1. The Morgan fingerprint density at radius 1 is 1.08 bits per heavy atom. The average molecular weight is 362 g/mol. The zero-order chi connectivity index (χ0) is 16.6. The molecule has 1 aromatic rings. The highest BCUT2D eigenvalue weighted by atomic mass is 32.2. The summed E-state index contributed by atoms with van der Waals surface area (Å²) >= 11 is 3.59. The minimum Gasteiger partial charge on any atom is -0.429 e. The van der Waals surface area contributed by atoms with Gasteiger partial charge in [-0.15, -0.1) is 23.5 Å². The minimum absolute atomic E-state index is 0.0365. The Morgan fingerprint density at radius 3 is 2.54 bits per heavy atom. The number of benzene rings is 1. The topological polar surface area (TPSA) is 29.5 Å². The molecule has 0 N–H and O–H groups in total. The molecule has 0 saturated carbocycles. The van der Waals surface area contributed by atoms with E-state index in [4.69, 9.17) is 4.74 Å². The second-order valence-corrected chi connectivity index (χ2v) is 9.55. The first-order chi connectivity index (χ1) is 11.7. The van der Waals surface area contributed by atoms with Crippen molar-refractivity contribution in [3.05, 3.63) is 41.7 Å². The number of likely N-dealkylation sites (N-methyl/N-ethyl adjacent to an activating group) is 1. The number of rotatable bonds is 2. The van der Waals surface area contributed by atoms with Gasteiger partial charge in [-0.05, 0) is 54.9 Å². The second kappa shape index (κ2) is 6.68. The zero-order valence-corrected chi connectivity index (χ0v) is 15.6. The molecule has 1 atom stereocenters. The van der Waals surface area contributed by atoms with Crippen LogP contribution >= 0.6 is 23.5 Å². The van der Waals surface area contributed by atoms with E-state index in [-0.39, 0.29) is 12.0 Å². The number of thioether (sulfide) groups is 2. The third kappa shape index (κ3) is 2.66. The lowest BCUT2D eigenvalue weighted by Crippen LogP contribution is -2.58. The molecular formula is C19H23NO2S2. The lowest BCUT2D eigenvalue weighted by Gasteiger charge is -2.49. The zero-order valence-electron chi connectivity index (χ0n) is 14.0. The summed E-state index contributed by atoms with van der Waals surface area (Å²) in [5.41, 5.74) is 2.52. The highest BCUT2D eigenvalue weighted by Gasteiger charge is 2.56. The molecule has 0 unspecified atom stereocenters. The predicted octanol–water partition coefficient (Wildman–Crippen LogP) is 4.44. The fourth-order valence-corrected chi connectivity index (χ4v) is 7.39. The van der Waals surface area contributed by atoms with E-state index >= 15 is 0 Å². The SMILES string of the molecule is CN(c1ccccc1)[C@@H]1C2=C(CCCC2)OC(=O)C12SCCCS2. The normalized spacial score (nSPS) is 26.0. The van der Waals surface area contributed by atoms with Crippen LogP contribution in [0.2, 0.25) is 0 Å². The number of nitrogens with zero attached hydrogens (tertiary/aromatic N) is 1. The molecule has 24 heavy (non-hydrogen) atoms. The van der Waals surface area contributed by atoms with Gasteiger partial charge in [0, 0.05) is 19.2 Å². The third-order valence-corrected chi connectivity index (χ3v) is 8.45. The van der Waals surface area contributed by atoms with Gasteiger partial charge in [0.05, 0.1) is 6.04 Å². The van der Waals surface area contributed by atoms with Crippen LogP contribution in [-0.4, -0.2) is 34.6 Å². The molecule has 0 aromatic heterocycles. The number of carbonyl (C=O) groups excluding carboxylic acids is 1. The Labute approximate surface area is 152 Å². The van der Waals surface area contributed by atoms with Crippen molar-refractivity contribution in [3.8, 4) is 0 Å². The smallest absolute Gasteiger partial charge is 0.340 e. The largest absolute Gasteiger partial charge is 0.429 e. The van der Waals surface area contributed by atoms with Crippen molar-refractivity contribution in [2.75, 3.05) is 23.5 Å².